The van der Waals surface area contributed by atoms with Gasteiger partial charge in [-0.25, -0.2) is 0 Å². The fourth-order valence-electron chi connectivity index (χ4n) is 2.91. The van der Waals surface area contributed by atoms with Gasteiger partial charge in [-0.15, -0.1) is 0 Å². The lowest BCUT2D eigenvalue weighted by atomic mass is 9.98. The third kappa shape index (κ3) is 4.73. The summed E-state index contributed by atoms with van der Waals surface area (Å²) in [4.78, 5) is 17.4. The van der Waals surface area contributed by atoms with E-state index in [0.717, 1.165) is 29.4 Å². The Balaban J connectivity index is 2.34. The van der Waals surface area contributed by atoms with Crippen molar-refractivity contribution in [2.24, 2.45) is 0 Å². The molecule has 2 aromatic rings. The molecule has 2 rings (SSSR count). The molecule has 0 spiro atoms. The van der Waals surface area contributed by atoms with Gasteiger partial charge in [0.25, 0.3) is 5.91 Å². The molecule has 0 bridgehead atoms. The van der Waals surface area contributed by atoms with Gasteiger partial charge in [-0.1, -0.05) is 20.3 Å². The average molecular weight is 358 g/mol. The van der Waals surface area contributed by atoms with Crippen molar-refractivity contribution in [2.45, 2.75) is 65.6 Å². The molecule has 1 aromatic carbocycles. The van der Waals surface area contributed by atoms with Gasteiger partial charge in [0.15, 0.2) is 0 Å². The molecule has 1 heterocycles. The highest BCUT2D eigenvalue weighted by molar-refractivity contribution is 6.05. The van der Waals surface area contributed by atoms with Crippen molar-refractivity contribution >= 4 is 22.5 Å². The lowest BCUT2D eigenvalue weighted by molar-refractivity contribution is -0.140. The Labute approximate surface area is 156 Å². The molecular formula is C21H30N2O3. The first-order valence-corrected chi connectivity index (χ1v) is 9.41. The summed E-state index contributed by atoms with van der Waals surface area (Å²) in [6.07, 6.45) is 4.20. The van der Waals surface area contributed by atoms with Gasteiger partial charge >= 0.3 is 0 Å². The number of nitrogens with one attached hydrogen (secondary N) is 1. The predicted molar refractivity (Wildman–Crippen MR) is 106 cm³/mol. The lowest BCUT2D eigenvalue weighted by Gasteiger charge is -2.28. The molecule has 0 saturated carbocycles. The number of ether oxygens (including phenoxy) is 2. The summed E-state index contributed by atoms with van der Waals surface area (Å²) in [5.74, 6) is 0.586. The molecule has 0 unspecified atom stereocenters. The molecule has 5 heteroatoms. The van der Waals surface area contributed by atoms with Crippen molar-refractivity contribution in [2.75, 3.05) is 11.9 Å². The predicted octanol–water partition coefficient (Wildman–Crippen LogP) is 4.95. The first-order valence-electron chi connectivity index (χ1n) is 9.41. The van der Waals surface area contributed by atoms with Crippen LogP contribution in [0.2, 0.25) is 0 Å². The number of pyridine rings is 1. The summed E-state index contributed by atoms with van der Waals surface area (Å²) in [5.41, 5.74) is 0.620. The molecule has 0 aliphatic rings. The van der Waals surface area contributed by atoms with Crippen LogP contribution in [0, 0.1) is 0 Å². The highest BCUT2D eigenvalue weighted by Crippen LogP contribution is 2.31. The maximum atomic E-state index is 12.9. The summed E-state index contributed by atoms with van der Waals surface area (Å²) in [5, 5.41) is 3.90. The first-order chi connectivity index (χ1) is 12.4. The third-order valence-corrected chi connectivity index (χ3v) is 4.18. The van der Waals surface area contributed by atoms with Gasteiger partial charge in [0.1, 0.15) is 16.9 Å². The maximum absolute atomic E-state index is 12.9. The Bertz CT molecular complexity index is 745. The Kier molecular flexibility index (Phi) is 6.98. The van der Waals surface area contributed by atoms with Gasteiger partial charge in [-0.05, 0) is 57.9 Å². The molecule has 0 radical (unpaired) electrons. The minimum absolute atomic E-state index is 0.0518. The Morgan fingerprint density at radius 3 is 2.65 bits per heavy atom. The molecule has 1 atom stereocenters. The van der Waals surface area contributed by atoms with E-state index in [4.69, 9.17) is 9.47 Å². The van der Waals surface area contributed by atoms with Crippen LogP contribution in [-0.2, 0) is 9.53 Å². The molecule has 26 heavy (non-hydrogen) atoms. The zero-order valence-corrected chi connectivity index (χ0v) is 16.5. The molecule has 1 N–H and O–H groups in total. The summed E-state index contributed by atoms with van der Waals surface area (Å²) in [7, 11) is 0. The second-order valence-electron chi connectivity index (χ2n) is 6.96. The highest BCUT2D eigenvalue weighted by Gasteiger charge is 2.33. The normalized spacial score (nSPS) is 13.6. The zero-order valence-electron chi connectivity index (χ0n) is 16.5. The summed E-state index contributed by atoms with van der Waals surface area (Å²) < 4.78 is 11.7. The smallest absolute Gasteiger partial charge is 0.256 e. The average Bonchev–Trinajstić information content (AvgIpc) is 2.62. The summed E-state index contributed by atoms with van der Waals surface area (Å²) in [6.45, 7) is 10.5. The van der Waals surface area contributed by atoms with Crippen LogP contribution in [0.15, 0.2) is 30.5 Å². The second kappa shape index (κ2) is 8.99. The number of fused-ring (bicyclic) bond motifs is 1. The fraction of sp³-hybridized carbons (Fsp3) is 0.524. The highest BCUT2D eigenvalue weighted by atomic mass is 16.5. The van der Waals surface area contributed by atoms with Crippen LogP contribution >= 0.6 is 0 Å². The first kappa shape index (κ1) is 20.2. The van der Waals surface area contributed by atoms with Crippen LogP contribution in [-0.4, -0.2) is 29.2 Å². The van der Waals surface area contributed by atoms with Crippen molar-refractivity contribution < 1.29 is 14.3 Å². The zero-order chi connectivity index (χ0) is 19.2. The number of rotatable bonds is 9. The SMILES string of the molecule is CCCO[C@@](C)(CCC)C(=O)Nc1ccc(OC(C)C)c2ncccc12. The number of aromatic nitrogens is 1. The molecule has 1 aromatic heterocycles. The Morgan fingerprint density at radius 2 is 2.00 bits per heavy atom. The number of benzene rings is 1. The minimum atomic E-state index is -0.841. The van der Waals surface area contributed by atoms with Crippen LogP contribution < -0.4 is 10.1 Å². The third-order valence-electron chi connectivity index (χ3n) is 4.18. The Morgan fingerprint density at radius 1 is 1.23 bits per heavy atom. The van der Waals surface area contributed by atoms with E-state index in [1.165, 1.54) is 0 Å². The molecule has 1 amide bonds. The number of carbonyl (C=O) groups is 1. The lowest BCUT2D eigenvalue weighted by Crippen LogP contribution is -2.43. The monoisotopic (exact) mass is 358 g/mol. The van der Waals surface area contributed by atoms with Crippen molar-refractivity contribution in [3.63, 3.8) is 0 Å². The molecule has 0 aliphatic carbocycles. The topological polar surface area (TPSA) is 60.5 Å². The largest absolute Gasteiger partial charge is 0.489 e. The van der Waals surface area contributed by atoms with E-state index in [1.54, 1.807) is 6.20 Å². The minimum Gasteiger partial charge on any atom is -0.489 e. The number of carbonyl (C=O) groups excluding carboxylic acids is 1. The summed E-state index contributed by atoms with van der Waals surface area (Å²) >= 11 is 0. The van der Waals surface area contributed by atoms with Crippen LogP contribution in [0.4, 0.5) is 5.69 Å². The second-order valence-corrected chi connectivity index (χ2v) is 6.96. The van der Waals surface area contributed by atoms with Gasteiger partial charge in [0.2, 0.25) is 0 Å². The van der Waals surface area contributed by atoms with Gasteiger partial charge in [0, 0.05) is 18.2 Å². The van der Waals surface area contributed by atoms with Gasteiger partial charge < -0.3 is 14.8 Å². The van der Waals surface area contributed by atoms with Crippen LogP contribution in [0.25, 0.3) is 10.9 Å². The van der Waals surface area contributed by atoms with Crippen molar-refractivity contribution in [1.82, 2.24) is 4.98 Å². The quantitative estimate of drug-likeness (QED) is 0.689. The number of anilines is 1. The van der Waals surface area contributed by atoms with Crippen molar-refractivity contribution in [1.29, 1.82) is 0 Å². The van der Waals surface area contributed by atoms with Crippen molar-refractivity contribution in [3.8, 4) is 5.75 Å². The van der Waals surface area contributed by atoms with E-state index >= 15 is 0 Å². The van der Waals surface area contributed by atoms with E-state index in [-0.39, 0.29) is 12.0 Å². The fourth-order valence-corrected chi connectivity index (χ4v) is 2.91. The molecule has 0 saturated heterocycles. The molecule has 5 nitrogen and oxygen atoms in total. The summed E-state index contributed by atoms with van der Waals surface area (Å²) in [6, 6.07) is 7.52. The number of hydrogen-bond donors (Lipinski definition) is 1. The molecular weight excluding hydrogens is 328 g/mol. The number of hydrogen-bond acceptors (Lipinski definition) is 4. The van der Waals surface area contributed by atoms with Gasteiger partial charge in [-0.2, -0.15) is 0 Å². The van der Waals surface area contributed by atoms with E-state index in [0.29, 0.717) is 18.8 Å². The van der Waals surface area contributed by atoms with E-state index < -0.39 is 5.60 Å². The van der Waals surface area contributed by atoms with E-state index in [1.807, 2.05) is 52.0 Å². The Hall–Kier alpha value is -2.14. The van der Waals surface area contributed by atoms with Crippen molar-refractivity contribution in [3.05, 3.63) is 30.5 Å². The molecule has 142 valence electrons. The molecule has 0 fully saturated rings. The van der Waals surface area contributed by atoms with Gasteiger partial charge in [-0.3, -0.25) is 9.78 Å². The maximum Gasteiger partial charge on any atom is 0.256 e. The number of nitrogens with zero attached hydrogens (tertiary/aromatic N) is 1. The van der Waals surface area contributed by atoms with E-state index in [2.05, 4.69) is 17.2 Å². The van der Waals surface area contributed by atoms with Gasteiger partial charge in [0.05, 0.1) is 11.8 Å². The van der Waals surface area contributed by atoms with Crippen LogP contribution in [0.3, 0.4) is 0 Å². The van der Waals surface area contributed by atoms with Crippen LogP contribution in [0.5, 0.6) is 5.75 Å². The number of amides is 1. The molecule has 0 aliphatic heterocycles. The van der Waals surface area contributed by atoms with E-state index in [9.17, 15) is 4.79 Å². The van der Waals surface area contributed by atoms with Crippen LogP contribution in [0.1, 0.15) is 53.9 Å². The standard InChI is InChI=1S/C21H30N2O3/c1-6-12-21(5,25-14-7-2)20(24)23-17-10-11-18(26-15(3)4)19-16(17)9-8-13-22-19/h8-11,13,15H,6-7,12,14H2,1-5H3,(H,23,24)/t21-/m0/s1.